The third-order valence-electron chi connectivity index (χ3n) is 5.42. The van der Waals surface area contributed by atoms with Gasteiger partial charge in [-0.15, -0.1) is 0 Å². The molecule has 0 amide bonds. The minimum Gasteiger partial charge on any atom is -0.392 e. The Morgan fingerprint density at radius 2 is 2.31 bits per heavy atom. The first-order chi connectivity index (χ1) is 7.50. The van der Waals surface area contributed by atoms with E-state index in [2.05, 4.69) is 33.4 Å². The number of rotatable bonds is 2. The summed E-state index contributed by atoms with van der Waals surface area (Å²) >= 11 is 0. The van der Waals surface area contributed by atoms with Crippen LogP contribution < -0.4 is 0 Å². The predicted molar refractivity (Wildman–Crippen MR) is 68.1 cm³/mol. The largest absolute Gasteiger partial charge is 0.392 e. The van der Waals surface area contributed by atoms with E-state index in [9.17, 15) is 5.11 Å². The zero-order chi connectivity index (χ0) is 11.9. The number of allylic oxidation sites excluding steroid dienone is 2. The third kappa shape index (κ3) is 1.57. The van der Waals surface area contributed by atoms with Gasteiger partial charge in [-0.05, 0) is 54.9 Å². The van der Waals surface area contributed by atoms with Crippen molar-refractivity contribution >= 4 is 0 Å². The first-order valence-electron chi connectivity index (χ1n) is 6.46. The van der Waals surface area contributed by atoms with Crippen molar-refractivity contribution in [3.63, 3.8) is 0 Å². The van der Waals surface area contributed by atoms with E-state index in [0.29, 0.717) is 23.2 Å². The fourth-order valence-electron chi connectivity index (χ4n) is 3.90. The predicted octanol–water partition coefficient (Wildman–Crippen LogP) is 3.55. The molecule has 1 fully saturated rings. The number of aliphatic hydroxyl groups excluding tert-OH is 1. The molecule has 4 atom stereocenters. The van der Waals surface area contributed by atoms with E-state index in [4.69, 9.17) is 0 Å². The number of hydrogen-bond donors (Lipinski definition) is 1. The van der Waals surface area contributed by atoms with Crippen LogP contribution >= 0.6 is 0 Å². The van der Waals surface area contributed by atoms with Crippen LogP contribution in [0.5, 0.6) is 0 Å². The van der Waals surface area contributed by atoms with Crippen LogP contribution in [0.2, 0.25) is 0 Å². The minimum atomic E-state index is 0.161. The SMILES string of the molecule is C=C(CO)[C@@H]1CC[C@@]2(C)[C@@H]1CC=C(C)[C@@H]2C. The van der Waals surface area contributed by atoms with Gasteiger partial charge >= 0.3 is 0 Å². The van der Waals surface area contributed by atoms with Gasteiger partial charge in [0.15, 0.2) is 0 Å². The smallest absolute Gasteiger partial charge is 0.0641 e. The van der Waals surface area contributed by atoms with Crippen LogP contribution in [0.15, 0.2) is 23.8 Å². The maximum absolute atomic E-state index is 9.27. The van der Waals surface area contributed by atoms with Crippen LogP contribution in [-0.2, 0) is 0 Å². The summed E-state index contributed by atoms with van der Waals surface area (Å²) in [6.07, 6.45) is 6.08. The van der Waals surface area contributed by atoms with E-state index in [1.165, 1.54) is 19.3 Å². The molecule has 0 unspecified atom stereocenters. The number of hydrogen-bond acceptors (Lipinski definition) is 1. The van der Waals surface area contributed by atoms with Gasteiger partial charge in [0.2, 0.25) is 0 Å². The average Bonchev–Trinajstić information content (AvgIpc) is 2.62. The molecule has 2 aliphatic carbocycles. The van der Waals surface area contributed by atoms with Crippen molar-refractivity contribution in [1.82, 2.24) is 0 Å². The highest BCUT2D eigenvalue weighted by atomic mass is 16.3. The summed E-state index contributed by atoms with van der Waals surface area (Å²) in [4.78, 5) is 0. The molecule has 0 aromatic heterocycles. The lowest BCUT2D eigenvalue weighted by Crippen LogP contribution is -2.35. The lowest BCUT2D eigenvalue weighted by atomic mass is 9.61. The summed E-state index contributed by atoms with van der Waals surface area (Å²) in [5.74, 6) is 1.93. The van der Waals surface area contributed by atoms with Crippen molar-refractivity contribution in [1.29, 1.82) is 0 Å². The van der Waals surface area contributed by atoms with E-state index < -0.39 is 0 Å². The lowest BCUT2D eigenvalue weighted by Gasteiger charge is -2.43. The van der Waals surface area contributed by atoms with Crippen molar-refractivity contribution < 1.29 is 5.11 Å². The Morgan fingerprint density at radius 1 is 1.62 bits per heavy atom. The second kappa shape index (κ2) is 4.03. The van der Waals surface area contributed by atoms with Gasteiger partial charge in [0.25, 0.3) is 0 Å². The molecule has 2 rings (SSSR count). The Balaban J connectivity index is 2.27. The maximum Gasteiger partial charge on any atom is 0.0641 e. The quantitative estimate of drug-likeness (QED) is 0.706. The van der Waals surface area contributed by atoms with Gasteiger partial charge in [-0.2, -0.15) is 0 Å². The first-order valence-corrected chi connectivity index (χ1v) is 6.46. The molecule has 1 nitrogen and oxygen atoms in total. The van der Waals surface area contributed by atoms with Crippen LogP contribution in [0.3, 0.4) is 0 Å². The van der Waals surface area contributed by atoms with Gasteiger partial charge in [-0.25, -0.2) is 0 Å². The van der Waals surface area contributed by atoms with E-state index in [1.54, 1.807) is 5.57 Å². The van der Waals surface area contributed by atoms with Gasteiger partial charge in [0, 0.05) is 0 Å². The second-order valence-corrected chi connectivity index (χ2v) is 5.98. The highest BCUT2D eigenvalue weighted by Gasteiger charge is 2.49. The Bertz CT molecular complexity index is 328. The van der Waals surface area contributed by atoms with Crippen LogP contribution in [0, 0.1) is 23.2 Å². The molecule has 0 heterocycles. The zero-order valence-electron chi connectivity index (χ0n) is 10.8. The molecule has 90 valence electrons. The highest BCUT2D eigenvalue weighted by molar-refractivity contribution is 5.21. The van der Waals surface area contributed by atoms with Gasteiger partial charge < -0.3 is 5.11 Å². The summed E-state index contributed by atoms with van der Waals surface area (Å²) in [5, 5.41) is 9.27. The number of aliphatic hydroxyl groups is 1. The molecule has 0 aromatic carbocycles. The van der Waals surface area contributed by atoms with Gasteiger partial charge in [0.1, 0.15) is 0 Å². The topological polar surface area (TPSA) is 20.2 Å². The van der Waals surface area contributed by atoms with Crippen LogP contribution in [0.25, 0.3) is 0 Å². The number of fused-ring (bicyclic) bond motifs is 1. The molecule has 0 aromatic rings. The summed E-state index contributed by atoms with van der Waals surface area (Å²) in [6, 6.07) is 0. The van der Waals surface area contributed by atoms with Crippen molar-refractivity contribution in [3.05, 3.63) is 23.8 Å². The molecule has 1 heteroatoms. The lowest BCUT2D eigenvalue weighted by molar-refractivity contribution is 0.128. The molecule has 0 radical (unpaired) electrons. The standard InChI is InChI=1S/C15H24O/c1-10-5-6-14-13(11(2)9-16)7-8-15(14,4)12(10)3/h5,12-14,16H,2,6-9H2,1,3-4H3/t12-,13-,14+,15+/m0/s1. The molecular formula is C15H24O. The van der Waals surface area contributed by atoms with Gasteiger partial charge in [0.05, 0.1) is 6.61 Å². The van der Waals surface area contributed by atoms with Gasteiger partial charge in [-0.1, -0.05) is 32.1 Å². The summed E-state index contributed by atoms with van der Waals surface area (Å²) in [7, 11) is 0. The third-order valence-corrected chi connectivity index (χ3v) is 5.42. The molecule has 1 N–H and O–H groups in total. The van der Waals surface area contributed by atoms with E-state index in [0.717, 1.165) is 5.57 Å². The van der Waals surface area contributed by atoms with Gasteiger partial charge in [-0.3, -0.25) is 0 Å². The summed E-state index contributed by atoms with van der Waals surface area (Å²) < 4.78 is 0. The van der Waals surface area contributed by atoms with Crippen molar-refractivity contribution in [2.75, 3.05) is 6.61 Å². The molecule has 16 heavy (non-hydrogen) atoms. The molecule has 0 saturated heterocycles. The summed E-state index contributed by atoms with van der Waals surface area (Å²) in [6.45, 7) is 11.3. The Kier molecular flexibility index (Phi) is 3.00. The monoisotopic (exact) mass is 220 g/mol. The molecule has 0 aliphatic heterocycles. The van der Waals surface area contributed by atoms with Crippen molar-refractivity contribution in [2.45, 2.75) is 40.0 Å². The Morgan fingerprint density at radius 3 is 2.94 bits per heavy atom. The molecule has 0 spiro atoms. The van der Waals surface area contributed by atoms with Crippen LogP contribution in [0.1, 0.15) is 40.0 Å². The maximum atomic E-state index is 9.27. The second-order valence-electron chi connectivity index (χ2n) is 5.98. The Labute approximate surface area is 99.3 Å². The van der Waals surface area contributed by atoms with Crippen molar-refractivity contribution in [2.24, 2.45) is 23.2 Å². The van der Waals surface area contributed by atoms with E-state index in [1.807, 2.05) is 0 Å². The molecule has 2 aliphatic rings. The van der Waals surface area contributed by atoms with Crippen LogP contribution in [0.4, 0.5) is 0 Å². The molecule has 1 saturated carbocycles. The fourth-order valence-corrected chi connectivity index (χ4v) is 3.90. The van der Waals surface area contributed by atoms with E-state index in [-0.39, 0.29) is 6.61 Å². The van der Waals surface area contributed by atoms with E-state index >= 15 is 0 Å². The average molecular weight is 220 g/mol. The molecular weight excluding hydrogens is 196 g/mol. The summed E-state index contributed by atoms with van der Waals surface area (Å²) in [5.41, 5.74) is 3.03. The normalized spacial score (nSPS) is 42.8. The fraction of sp³-hybridized carbons (Fsp3) is 0.733. The zero-order valence-corrected chi connectivity index (χ0v) is 10.8. The first kappa shape index (κ1) is 11.9. The Hall–Kier alpha value is -0.560. The van der Waals surface area contributed by atoms with Crippen LogP contribution in [-0.4, -0.2) is 11.7 Å². The molecule has 0 bridgehead atoms. The highest BCUT2D eigenvalue weighted by Crippen LogP contribution is 2.58. The van der Waals surface area contributed by atoms with Crippen molar-refractivity contribution in [3.8, 4) is 0 Å². The minimum absolute atomic E-state index is 0.161.